The Morgan fingerprint density at radius 1 is 1.29 bits per heavy atom. The van der Waals surface area contributed by atoms with Gasteiger partial charge >= 0.3 is 12.1 Å². The number of hydrogen-bond donors (Lipinski definition) is 1. The van der Waals surface area contributed by atoms with Crippen molar-refractivity contribution >= 4 is 11.8 Å². The molecule has 1 aromatic heterocycles. The number of halogens is 3. The van der Waals surface area contributed by atoms with Gasteiger partial charge in [-0.15, -0.1) is 0 Å². The molecule has 0 saturated carbocycles. The SMILES string of the molecule is O=C(O)CCN1CCN(c2ncccc2C(F)(F)F)CC1. The van der Waals surface area contributed by atoms with E-state index in [-0.39, 0.29) is 12.2 Å². The summed E-state index contributed by atoms with van der Waals surface area (Å²) >= 11 is 0. The van der Waals surface area contributed by atoms with Crippen molar-refractivity contribution in [2.45, 2.75) is 12.6 Å². The van der Waals surface area contributed by atoms with Crippen molar-refractivity contribution in [2.75, 3.05) is 37.6 Å². The molecule has 1 N–H and O–H groups in total. The Labute approximate surface area is 120 Å². The standard InChI is InChI=1S/C13H16F3N3O2/c14-13(15,16)10-2-1-4-17-12(10)19-8-6-18(7-9-19)5-3-11(20)21/h1-2,4H,3,5-9H2,(H,20,21). The van der Waals surface area contributed by atoms with Gasteiger partial charge in [-0.2, -0.15) is 13.2 Å². The van der Waals surface area contributed by atoms with Crippen molar-refractivity contribution in [3.05, 3.63) is 23.9 Å². The summed E-state index contributed by atoms with van der Waals surface area (Å²) in [5.41, 5.74) is -0.732. The molecule has 0 bridgehead atoms. The van der Waals surface area contributed by atoms with Crippen LogP contribution in [0.25, 0.3) is 0 Å². The fourth-order valence-corrected chi connectivity index (χ4v) is 2.31. The maximum absolute atomic E-state index is 12.9. The first-order valence-corrected chi connectivity index (χ1v) is 6.59. The van der Waals surface area contributed by atoms with E-state index in [0.717, 1.165) is 6.07 Å². The monoisotopic (exact) mass is 303 g/mol. The first-order valence-electron chi connectivity index (χ1n) is 6.59. The highest BCUT2D eigenvalue weighted by atomic mass is 19.4. The lowest BCUT2D eigenvalue weighted by Crippen LogP contribution is -2.47. The second kappa shape index (κ2) is 6.30. The molecule has 1 fully saturated rings. The number of rotatable bonds is 4. The Kier molecular flexibility index (Phi) is 4.66. The molecule has 0 spiro atoms. The fraction of sp³-hybridized carbons (Fsp3) is 0.538. The minimum atomic E-state index is -4.43. The zero-order chi connectivity index (χ0) is 15.5. The molecule has 1 saturated heterocycles. The van der Waals surface area contributed by atoms with Crippen LogP contribution >= 0.6 is 0 Å². The van der Waals surface area contributed by atoms with Crippen molar-refractivity contribution in [1.29, 1.82) is 0 Å². The van der Waals surface area contributed by atoms with Crippen LogP contribution in [0.3, 0.4) is 0 Å². The maximum Gasteiger partial charge on any atom is 0.419 e. The van der Waals surface area contributed by atoms with Gasteiger partial charge in [0, 0.05) is 38.9 Å². The summed E-state index contributed by atoms with van der Waals surface area (Å²) in [6.07, 6.45) is -3.04. The lowest BCUT2D eigenvalue weighted by atomic mass is 10.2. The highest BCUT2D eigenvalue weighted by Crippen LogP contribution is 2.35. The third kappa shape index (κ3) is 4.07. The molecule has 0 radical (unpaired) electrons. The van der Waals surface area contributed by atoms with Crippen LogP contribution in [0.2, 0.25) is 0 Å². The van der Waals surface area contributed by atoms with Crippen molar-refractivity contribution < 1.29 is 23.1 Å². The Hall–Kier alpha value is -1.83. The molecule has 0 aromatic carbocycles. The summed E-state index contributed by atoms with van der Waals surface area (Å²) in [5, 5.41) is 8.63. The van der Waals surface area contributed by atoms with Crippen LogP contribution < -0.4 is 4.90 Å². The number of hydrogen-bond acceptors (Lipinski definition) is 4. The van der Waals surface area contributed by atoms with E-state index in [9.17, 15) is 18.0 Å². The van der Waals surface area contributed by atoms with Gasteiger partial charge in [0.1, 0.15) is 5.82 Å². The third-order valence-corrected chi connectivity index (χ3v) is 3.41. The van der Waals surface area contributed by atoms with Crippen molar-refractivity contribution in [3.8, 4) is 0 Å². The summed E-state index contributed by atoms with van der Waals surface area (Å²) < 4.78 is 38.8. The predicted octanol–water partition coefficient (Wildman–Crippen LogP) is 1.70. The largest absolute Gasteiger partial charge is 0.481 e. The Balaban J connectivity index is 2.01. The predicted molar refractivity (Wildman–Crippen MR) is 70.1 cm³/mol. The number of carboxylic acids is 1. The van der Waals surface area contributed by atoms with Crippen molar-refractivity contribution in [1.82, 2.24) is 9.88 Å². The molecule has 0 atom stereocenters. The van der Waals surface area contributed by atoms with Crippen LogP contribution in [0.5, 0.6) is 0 Å². The Morgan fingerprint density at radius 3 is 2.52 bits per heavy atom. The summed E-state index contributed by atoms with van der Waals surface area (Å²) in [5.74, 6) is -0.926. The molecule has 0 amide bonds. The average molecular weight is 303 g/mol. The maximum atomic E-state index is 12.9. The molecular weight excluding hydrogens is 287 g/mol. The highest BCUT2D eigenvalue weighted by Gasteiger charge is 2.36. The van der Waals surface area contributed by atoms with E-state index in [1.165, 1.54) is 12.3 Å². The molecule has 116 valence electrons. The number of carbonyl (C=O) groups is 1. The Morgan fingerprint density at radius 2 is 1.95 bits per heavy atom. The van der Waals surface area contributed by atoms with E-state index in [1.807, 2.05) is 4.90 Å². The molecule has 21 heavy (non-hydrogen) atoms. The lowest BCUT2D eigenvalue weighted by Gasteiger charge is -2.36. The molecule has 1 aromatic rings. The van der Waals surface area contributed by atoms with Crippen LogP contribution in [-0.2, 0) is 11.0 Å². The Bertz CT molecular complexity index is 500. The minimum Gasteiger partial charge on any atom is -0.481 e. The zero-order valence-corrected chi connectivity index (χ0v) is 11.3. The molecule has 2 rings (SSSR count). The fourth-order valence-electron chi connectivity index (χ4n) is 2.31. The van der Waals surface area contributed by atoms with Crippen molar-refractivity contribution in [3.63, 3.8) is 0 Å². The normalized spacial score (nSPS) is 17.0. The number of carboxylic acid groups (broad SMARTS) is 1. The molecule has 2 heterocycles. The number of pyridine rings is 1. The average Bonchev–Trinajstić information content (AvgIpc) is 2.45. The second-order valence-electron chi connectivity index (χ2n) is 4.84. The van der Waals surface area contributed by atoms with Crippen molar-refractivity contribution in [2.24, 2.45) is 0 Å². The number of nitrogens with zero attached hydrogens (tertiary/aromatic N) is 3. The number of aliphatic carboxylic acids is 1. The van der Waals surface area contributed by atoms with Crippen LogP contribution in [0.4, 0.5) is 19.0 Å². The third-order valence-electron chi connectivity index (χ3n) is 3.41. The smallest absolute Gasteiger partial charge is 0.419 e. The van der Waals surface area contributed by atoms with E-state index in [4.69, 9.17) is 5.11 Å². The van der Waals surface area contributed by atoms with Gasteiger partial charge < -0.3 is 10.0 Å². The van der Waals surface area contributed by atoms with E-state index < -0.39 is 17.7 Å². The van der Waals surface area contributed by atoms with E-state index in [1.54, 1.807) is 4.90 Å². The van der Waals surface area contributed by atoms with Gasteiger partial charge in [-0.05, 0) is 12.1 Å². The van der Waals surface area contributed by atoms with Gasteiger partial charge in [0.25, 0.3) is 0 Å². The first kappa shape index (κ1) is 15.6. The number of piperazine rings is 1. The minimum absolute atomic E-state index is 0.0391. The summed E-state index contributed by atoms with van der Waals surface area (Å²) in [4.78, 5) is 17.9. The molecule has 8 heteroatoms. The van der Waals surface area contributed by atoms with Gasteiger partial charge in [0.15, 0.2) is 0 Å². The quantitative estimate of drug-likeness (QED) is 0.917. The van der Waals surface area contributed by atoms with E-state index in [0.29, 0.717) is 32.7 Å². The van der Waals surface area contributed by atoms with Gasteiger partial charge in [-0.3, -0.25) is 9.69 Å². The highest BCUT2D eigenvalue weighted by molar-refractivity contribution is 5.66. The molecular formula is C13H16F3N3O2. The van der Waals surface area contributed by atoms with Crippen LogP contribution in [0.1, 0.15) is 12.0 Å². The number of aromatic nitrogens is 1. The van der Waals surface area contributed by atoms with Crippen LogP contribution in [-0.4, -0.2) is 53.7 Å². The van der Waals surface area contributed by atoms with Crippen LogP contribution in [0, 0.1) is 0 Å². The van der Waals surface area contributed by atoms with Gasteiger partial charge in [0.2, 0.25) is 0 Å². The molecule has 1 aliphatic rings. The van der Waals surface area contributed by atoms with Gasteiger partial charge in [-0.1, -0.05) is 0 Å². The van der Waals surface area contributed by atoms with E-state index >= 15 is 0 Å². The van der Waals surface area contributed by atoms with Crippen LogP contribution in [0.15, 0.2) is 18.3 Å². The van der Waals surface area contributed by atoms with Gasteiger partial charge in [0.05, 0.1) is 12.0 Å². The lowest BCUT2D eigenvalue weighted by molar-refractivity contribution is -0.138. The van der Waals surface area contributed by atoms with Gasteiger partial charge in [-0.25, -0.2) is 4.98 Å². The number of anilines is 1. The zero-order valence-electron chi connectivity index (χ0n) is 11.3. The first-order chi connectivity index (χ1) is 9.88. The molecule has 1 aliphatic heterocycles. The summed E-state index contributed by atoms with van der Waals surface area (Å²) in [6.45, 7) is 2.28. The summed E-state index contributed by atoms with van der Waals surface area (Å²) in [7, 11) is 0. The second-order valence-corrected chi connectivity index (χ2v) is 4.84. The topological polar surface area (TPSA) is 56.7 Å². The molecule has 5 nitrogen and oxygen atoms in total. The summed E-state index contributed by atoms with van der Waals surface area (Å²) in [6, 6.07) is 2.30. The molecule has 0 unspecified atom stereocenters. The van der Waals surface area contributed by atoms with E-state index in [2.05, 4.69) is 4.98 Å². The number of alkyl halides is 3. The molecule has 0 aliphatic carbocycles.